The van der Waals surface area contributed by atoms with E-state index < -0.39 is 29.6 Å². The number of hydrogen-bond acceptors (Lipinski definition) is 5. The third-order valence-corrected chi connectivity index (χ3v) is 8.78. The van der Waals surface area contributed by atoms with Crippen molar-refractivity contribution < 1.29 is 23.9 Å². The number of methoxy groups -OCH3 is 1. The van der Waals surface area contributed by atoms with Crippen LogP contribution in [0, 0.1) is 23.7 Å². The predicted molar refractivity (Wildman–Crippen MR) is 135 cm³/mol. The van der Waals surface area contributed by atoms with Gasteiger partial charge in [0.2, 0.25) is 17.7 Å². The van der Waals surface area contributed by atoms with E-state index in [0.29, 0.717) is 36.2 Å². The van der Waals surface area contributed by atoms with Crippen molar-refractivity contribution in [3.63, 3.8) is 0 Å². The quantitative estimate of drug-likeness (QED) is 0.567. The molecule has 2 bridgehead atoms. The second kappa shape index (κ2) is 9.54. The molecule has 3 amide bonds. The number of nitrogens with one attached hydrogen (secondary N) is 2. The smallest absolute Gasteiger partial charge is 0.246 e. The molecule has 1 aromatic carbocycles. The number of likely N-dealkylation sites (tertiary alicyclic amines) is 1. The first-order chi connectivity index (χ1) is 17.3. The van der Waals surface area contributed by atoms with Crippen LogP contribution in [0.4, 0.5) is 5.69 Å². The molecule has 36 heavy (non-hydrogen) atoms. The molecule has 5 rings (SSSR count). The van der Waals surface area contributed by atoms with Gasteiger partial charge in [0.25, 0.3) is 0 Å². The Morgan fingerprint density at radius 2 is 1.92 bits per heavy atom. The Labute approximate surface area is 212 Å². The van der Waals surface area contributed by atoms with Gasteiger partial charge in [-0.15, -0.1) is 0 Å². The summed E-state index contributed by atoms with van der Waals surface area (Å²) in [6.45, 7) is 6.86. The van der Waals surface area contributed by atoms with E-state index in [0.717, 1.165) is 12.8 Å². The van der Waals surface area contributed by atoms with Crippen molar-refractivity contribution in [3.8, 4) is 5.75 Å². The Hall–Kier alpha value is -2.87. The van der Waals surface area contributed by atoms with Gasteiger partial charge < -0.3 is 25.0 Å². The lowest BCUT2D eigenvalue weighted by atomic mass is 9.73. The monoisotopic (exact) mass is 495 g/mol. The Bertz CT molecular complexity index is 1060. The maximum atomic E-state index is 13.8. The standard InChI is InChI=1S/C28H37N3O5/c1-5-15-31-24(26(33)30-20-8-6-7-16(2)17(20)3)28-14-13-21(36-28)22(23(28)27(31)34)25(32)29-18-9-11-19(35-4)12-10-18/h9-14,16-17,20-24H,5-8,15H2,1-4H3,(H,29,32)(H,30,33)/t16?,17?,20?,21-,22?,23-,24?,28?/m0/s1. The summed E-state index contributed by atoms with van der Waals surface area (Å²) in [7, 11) is 1.59. The first-order valence-corrected chi connectivity index (χ1v) is 13.2. The van der Waals surface area contributed by atoms with E-state index >= 15 is 0 Å². The molecular formula is C28H37N3O5. The van der Waals surface area contributed by atoms with Crippen LogP contribution in [0.25, 0.3) is 0 Å². The maximum absolute atomic E-state index is 13.8. The van der Waals surface area contributed by atoms with E-state index in [1.165, 1.54) is 6.42 Å². The molecule has 2 N–H and O–H groups in total. The summed E-state index contributed by atoms with van der Waals surface area (Å²) in [5, 5.41) is 6.21. The van der Waals surface area contributed by atoms with Crippen molar-refractivity contribution in [2.75, 3.05) is 19.0 Å². The number of carbonyl (C=O) groups is 3. The second-order valence-electron chi connectivity index (χ2n) is 10.8. The molecule has 1 aliphatic carbocycles. The van der Waals surface area contributed by atoms with Crippen molar-refractivity contribution in [2.45, 2.75) is 70.2 Å². The third-order valence-electron chi connectivity index (χ3n) is 8.78. The van der Waals surface area contributed by atoms with Crippen LogP contribution in [0.5, 0.6) is 5.75 Å². The van der Waals surface area contributed by atoms with Gasteiger partial charge in [-0.3, -0.25) is 14.4 Å². The lowest BCUT2D eigenvalue weighted by molar-refractivity contribution is -0.141. The van der Waals surface area contributed by atoms with Crippen LogP contribution in [0.3, 0.4) is 0 Å². The highest BCUT2D eigenvalue weighted by atomic mass is 16.5. The molecule has 6 unspecified atom stereocenters. The molecule has 1 saturated carbocycles. The van der Waals surface area contributed by atoms with E-state index in [2.05, 4.69) is 24.5 Å². The van der Waals surface area contributed by atoms with Gasteiger partial charge in [-0.05, 0) is 48.9 Å². The number of nitrogens with zero attached hydrogens (tertiary/aromatic N) is 1. The van der Waals surface area contributed by atoms with Crippen LogP contribution >= 0.6 is 0 Å². The van der Waals surface area contributed by atoms with Crippen LogP contribution in [-0.4, -0.2) is 60.1 Å². The molecule has 8 heteroatoms. The Morgan fingerprint density at radius 1 is 1.17 bits per heavy atom. The third kappa shape index (κ3) is 3.90. The Morgan fingerprint density at radius 3 is 2.61 bits per heavy atom. The molecule has 1 aromatic rings. The lowest BCUT2D eigenvalue weighted by Gasteiger charge is -2.38. The van der Waals surface area contributed by atoms with Crippen LogP contribution < -0.4 is 15.4 Å². The highest BCUT2D eigenvalue weighted by Gasteiger charge is 2.72. The molecule has 0 aromatic heterocycles. The molecule has 8 atom stereocenters. The highest BCUT2D eigenvalue weighted by molar-refractivity contribution is 6.02. The molecule has 2 saturated heterocycles. The highest BCUT2D eigenvalue weighted by Crippen LogP contribution is 2.55. The van der Waals surface area contributed by atoms with Gasteiger partial charge >= 0.3 is 0 Å². The van der Waals surface area contributed by atoms with Crippen LogP contribution in [-0.2, 0) is 19.1 Å². The molecule has 0 radical (unpaired) electrons. The Kier molecular flexibility index (Phi) is 6.57. The minimum absolute atomic E-state index is 0.0760. The van der Waals surface area contributed by atoms with Gasteiger partial charge in [0, 0.05) is 18.3 Å². The number of ether oxygens (including phenoxy) is 2. The first kappa shape index (κ1) is 24.8. The Balaban J connectivity index is 1.40. The zero-order valence-electron chi connectivity index (χ0n) is 21.5. The van der Waals surface area contributed by atoms with Crippen molar-refractivity contribution in [3.05, 3.63) is 36.4 Å². The topological polar surface area (TPSA) is 97.0 Å². The number of hydrogen-bond donors (Lipinski definition) is 2. The molecule has 3 heterocycles. The predicted octanol–water partition coefficient (Wildman–Crippen LogP) is 3.14. The number of benzene rings is 1. The lowest BCUT2D eigenvalue weighted by Crippen LogP contribution is -2.57. The van der Waals surface area contributed by atoms with E-state index in [1.807, 2.05) is 19.1 Å². The summed E-state index contributed by atoms with van der Waals surface area (Å²) >= 11 is 0. The molecule has 4 aliphatic rings. The first-order valence-electron chi connectivity index (χ1n) is 13.2. The molecular weight excluding hydrogens is 458 g/mol. The fourth-order valence-corrected chi connectivity index (χ4v) is 6.70. The number of fused-ring (bicyclic) bond motifs is 1. The normalized spacial score (nSPS) is 36.6. The summed E-state index contributed by atoms with van der Waals surface area (Å²) in [5.74, 6) is -0.456. The van der Waals surface area contributed by atoms with Crippen LogP contribution in [0.1, 0.15) is 46.5 Å². The maximum Gasteiger partial charge on any atom is 0.246 e. The van der Waals surface area contributed by atoms with Crippen molar-refractivity contribution >= 4 is 23.4 Å². The van der Waals surface area contributed by atoms with Gasteiger partial charge in [-0.1, -0.05) is 45.8 Å². The summed E-state index contributed by atoms with van der Waals surface area (Å²) in [5.41, 5.74) is -0.501. The average Bonchev–Trinajstić information content (AvgIpc) is 3.50. The van der Waals surface area contributed by atoms with Gasteiger partial charge in [0.05, 0.1) is 25.0 Å². The van der Waals surface area contributed by atoms with Gasteiger partial charge in [0.15, 0.2) is 0 Å². The average molecular weight is 496 g/mol. The fraction of sp³-hybridized carbons (Fsp3) is 0.607. The molecule has 194 valence electrons. The minimum atomic E-state index is -1.12. The van der Waals surface area contributed by atoms with E-state index in [9.17, 15) is 14.4 Å². The zero-order valence-corrected chi connectivity index (χ0v) is 21.5. The van der Waals surface area contributed by atoms with Crippen molar-refractivity contribution in [1.82, 2.24) is 10.2 Å². The molecule has 3 fully saturated rings. The molecule has 1 spiro atoms. The number of amides is 3. The van der Waals surface area contributed by atoms with E-state index in [1.54, 1.807) is 36.3 Å². The van der Waals surface area contributed by atoms with E-state index in [-0.39, 0.29) is 23.8 Å². The minimum Gasteiger partial charge on any atom is -0.497 e. The van der Waals surface area contributed by atoms with Crippen molar-refractivity contribution in [1.29, 1.82) is 0 Å². The SMILES string of the molecule is CCCN1C(=O)[C@@H]2C(C(=O)Nc3ccc(OC)cc3)[C@@H]3C=CC2(O3)C1C(=O)NC1CCCC(C)C1C. The van der Waals surface area contributed by atoms with Crippen LogP contribution in [0.15, 0.2) is 36.4 Å². The largest absolute Gasteiger partial charge is 0.497 e. The van der Waals surface area contributed by atoms with E-state index in [4.69, 9.17) is 9.47 Å². The second-order valence-corrected chi connectivity index (χ2v) is 10.8. The van der Waals surface area contributed by atoms with Gasteiger partial charge in [-0.2, -0.15) is 0 Å². The fourth-order valence-electron chi connectivity index (χ4n) is 6.70. The van der Waals surface area contributed by atoms with Gasteiger partial charge in [-0.25, -0.2) is 0 Å². The molecule has 3 aliphatic heterocycles. The van der Waals surface area contributed by atoms with Gasteiger partial charge in [0.1, 0.15) is 17.4 Å². The van der Waals surface area contributed by atoms with Crippen molar-refractivity contribution in [2.24, 2.45) is 23.7 Å². The summed E-state index contributed by atoms with van der Waals surface area (Å²) in [6, 6.07) is 6.36. The number of anilines is 1. The zero-order chi connectivity index (χ0) is 25.6. The molecule has 8 nitrogen and oxygen atoms in total. The number of rotatable bonds is 7. The summed E-state index contributed by atoms with van der Waals surface area (Å²) in [4.78, 5) is 42.7. The summed E-state index contributed by atoms with van der Waals surface area (Å²) in [6.07, 6.45) is 7.08. The van der Waals surface area contributed by atoms with Crippen LogP contribution in [0.2, 0.25) is 0 Å². The summed E-state index contributed by atoms with van der Waals surface area (Å²) < 4.78 is 11.6. The number of carbonyl (C=O) groups excluding carboxylic acids is 3.